The van der Waals surface area contributed by atoms with Crippen molar-refractivity contribution in [3.63, 3.8) is 0 Å². The molecular formula is C11H17NNa2O6S. The average molecular weight is 337 g/mol. The number of carbonyl (C=O) groups is 1. The van der Waals surface area contributed by atoms with E-state index in [1.807, 2.05) is 0 Å². The first-order valence-corrected chi connectivity index (χ1v) is 6.60. The normalized spacial score (nSPS) is 11.0. The Hall–Kier alpha value is 0.330. The zero-order valence-corrected chi connectivity index (χ0v) is 17.9. The van der Waals surface area contributed by atoms with E-state index >= 15 is 0 Å². The van der Waals surface area contributed by atoms with Gasteiger partial charge in [0.2, 0.25) is 0 Å². The first kappa shape index (κ1) is 29.4. The molecule has 0 heterocycles. The quantitative estimate of drug-likeness (QED) is 0.175. The van der Waals surface area contributed by atoms with E-state index in [4.69, 9.17) is 5.11 Å². The second kappa shape index (κ2) is 12.8. The van der Waals surface area contributed by atoms with Crippen LogP contribution in [0.3, 0.4) is 0 Å². The molecule has 0 bridgehead atoms. The van der Waals surface area contributed by atoms with Crippen LogP contribution in [0.4, 0.5) is 0 Å². The van der Waals surface area contributed by atoms with Crippen molar-refractivity contribution in [2.45, 2.75) is 26.3 Å². The fourth-order valence-corrected chi connectivity index (χ4v) is 1.74. The Morgan fingerprint density at radius 1 is 1.38 bits per heavy atom. The van der Waals surface area contributed by atoms with Crippen LogP contribution in [0.1, 0.15) is 20.8 Å². The fourth-order valence-electron chi connectivity index (χ4n) is 0.809. The molecule has 0 amide bonds. The molecule has 0 radical (unpaired) electrons. The molecule has 0 aliphatic heterocycles. The van der Waals surface area contributed by atoms with Crippen LogP contribution >= 0.6 is 0 Å². The van der Waals surface area contributed by atoms with E-state index in [0.717, 1.165) is 6.08 Å². The second-order valence-corrected chi connectivity index (χ2v) is 5.66. The monoisotopic (exact) mass is 337 g/mol. The van der Waals surface area contributed by atoms with Crippen LogP contribution < -0.4 is 64.2 Å². The number of carboxylic acid groups (broad SMARTS) is 1. The third kappa shape index (κ3) is 22.7. The predicted octanol–water partition coefficient (Wildman–Crippen LogP) is -6.09. The zero-order chi connectivity index (χ0) is 15.9. The average Bonchev–Trinajstić information content (AvgIpc) is 2.13. The number of nitrogens with zero attached hydrogens (tertiary/aromatic N) is 1. The summed E-state index contributed by atoms with van der Waals surface area (Å²) in [6, 6.07) is 0. The molecule has 1 N–H and O–H groups in total. The van der Waals surface area contributed by atoms with Crippen LogP contribution in [0, 0.1) is 0 Å². The number of hydrogen-bond acceptors (Lipinski definition) is 6. The number of aliphatic carboxylic acids is 1. The Balaban J connectivity index is -0.000000156. The molecule has 0 aromatic heterocycles. The van der Waals surface area contributed by atoms with Gasteiger partial charge in [-0.15, -0.1) is 0 Å². The first-order valence-electron chi connectivity index (χ1n) is 5.02. The number of hydrogen-bond donors (Lipinski definition) is 1. The number of aliphatic imine (C=N–C) groups is 1. The van der Waals surface area contributed by atoms with Gasteiger partial charge in [0.05, 0.1) is 21.4 Å². The van der Waals surface area contributed by atoms with Crippen LogP contribution in [-0.4, -0.2) is 41.2 Å². The van der Waals surface area contributed by atoms with Crippen LogP contribution in [0.5, 0.6) is 0 Å². The van der Waals surface area contributed by atoms with Gasteiger partial charge in [0.1, 0.15) is 0 Å². The second-order valence-electron chi connectivity index (χ2n) is 4.25. The molecule has 0 aliphatic rings. The molecular weight excluding hydrogens is 320 g/mol. The Morgan fingerprint density at radius 3 is 1.90 bits per heavy atom. The molecule has 21 heavy (non-hydrogen) atoms. The number of rotatable bonds is 5. The minimum Gasteiger partial charge on any atom is -0.859 e. The number of carboxylic acids is 1. The van der Waals surface area contributed by atoms with Gasteiger partial charge in [0, 0.05) is 5.57 Å². The van der Waals surface area contributed by atoms with Crippen molar-refractivity contribution in [2.24, 2.45) is 4.99 Å². The van der Waals surface area contributed by atoms with Crippen molar-refractivity contribution in [2.75, 3.05) is 5.75 Å². The third-order valence-electron chi connectivity index (χ3n) is 1.48. The van der Waals surface area contributed by atoms with Gasteiger partial charge in [-0.25, -0.2) is 13.2 Å². The van der Waals surface area contributed by atoms with Crippen molar-refractivity contribution in [3.05, 3.63) is 24.8 Å². The zero-order valence-electron chi connectivity index (χ0n) is 13.0. The topological polar surface area (TPSA) is 130 Å². The van der Waals surface area contributed by atoms with Gasteiger partial charge >= 0.3 is 65.1 Å². The van der Waals surface area contributed by atoms with Crippen molar-refractivity contribution < 1.29 is 87.1 Å². The SMILES string of the molecule is C=C(C)C(=O)O.C=CC([O-])=NC(C)(C)CS(=O)(=O)[O-].[Na+].[Na+]. The third-order valence-corrected chi connectivity index (χ3v) is 2.54. The molecule has 0 spiro atoms. The van der Waals surface area contributed by atoms with Gasteiger partial charge in [-0.05, 0) is 26.7 Å². The molecule has 0 fully saturated rings. The molecule has 110 valence electrons. The van der Waals surface area contributed by atoms with E-state index in [2.05, 4.69) is 18.2 Å². The van der Waals surface area contributed by atoms with Crippen LogP contribution in [0.15, 0.2) is 29.8 Å². The van der Waals surface area contributed by atoms with Crippen molar-refractivity contribution in [3.8, 4) is 0 Å². The van der Waals surface area contributed by atoms with Crippen LogP contribution in [-0.2, 0) is 14.9 Å². The summed E-state index contributed by atoms with van der Waals surface area (Å²) in [6.45, 7) is 10.6. The summed E-state index contributed by atoms with van der Waals surface area (Å²) in [7, 11) is -4.37. The van der Waals surface area contributed by atoms with Gasteiger partial charge in [-0.3, -0.25) is 4.99 Å². The Morgan fingerprint density at radius 2 is 1.71 bits per heavy atom. The van der Waals surface area contributed by atoms with Gasteiger partial charge in [-0.1, -0.05) is 19.2 Å². The van der Waals surface area contributed by atoms with Gasteiger partial charge < -0.3 is 14.8 Å². The molecule has 0 aromatic carbocycles. The van der Waals surface area contributed by atoms with Crippen molar-refractivity contribution in [1.29, 1.82) is 0 Å². The summed E-state index contributed by atoms with van der Waals surface area (Å²) in [6.07, 6.45) is 0.958. The molecule has 0 saturated heterocycles. The molecule has 0 aromatic rings. The summed E-state index contributed by atoms with van der Waals surface area (Å²) in [5.41, 5.74) is -1.01. The Labute approximate surface area is 169 Å². The largest absolute Gasteiger partial charge is 1.00 e. The standard InChI is InChI=1S/C7H13NO4S.C4H6O2.2Na/c1-4-6(9)8-7(2,3)5-13(10,11)12;1-3(2)4(5)6;;/h4H,1,5H2,2-3H3,(H,8,9)(H,10,11,12);1H2,2H3,(H,5,6);;/q;;2*+1/p-2. The minimum atomic E-state index is -4.37. The summed E-state index contributed by atoms with van der Waals surface area (Å²) in [5.74, 6) is -2.26. The molecule has 0 atom stereocenters. The van der Waals surface area contributed by atoms with Crippen LogP contribution in [0.25, 0.3) is 0 Å². The summed E-state index contributed by atoms with van der Waals surface area (Å²) in [5, 5.41) is 18.6. The van der Waals surface area contributed by atoms with E-state index in [1.165, 1.54) is 20.8 Å². The molecule has 0 rings (SSSR count). The molecule has 0 unspecified atom stereocenters. The Kier molecular flexibility index (Phi) is 17.9. The summed E-state index contributed by atoms with van der Waals surface area (Å²) in [4.78, 5) is 13.1. The first-order chi connectivity index (χ1) is 8.30. The van der Waals surface area contributed by atoms with E-state index in [-0.39, 0.29) is 64.7 Å². The van der Waals surface area contributed by atoms with Gasteiger partial charge in [-0.2, -0.15) is 0 Å². The van der Waals surface area contributed by atoms with Crippen molar-refractivity contribution >= 4 is 22.0 Å². The molecule has 0 aliphatic carbocycles. The van der Waals surface area contributed by atoms with E-state index in [9.17, 15) is 22.9 Å². The van der Waals surface area contributed by atoms with E-state index < -0.39 is 33.3 Å². The van der Waals surface area contributed by atoms with Crippen molar-refractivity contribution in [1.82, 2.24) is 0 Å². The molecule has 7 nitrogen and oxygen atoms in total. The van der Waals surface area contributed by atoms with Gasteiger partial charge in [0.25, 0.3) is 0 Å². The summed E-state index contributed by atoms with van der Waals surface area (Å²) < 4.78 is 31.1. The fraction of sp³-hybridized carbons (Fsp3) is 0.455. The maximum atomic E-state index is 10.7. The Bertz CT molecular complexity index is 473. The van der Waals surface area contributed by atoms with Gasteiger partial charge in [0.15, 0.2) is 0 Å². The molecule has 10 heteroatoms. The predicted molar refractivity (Wildman–Crippen MR) is 68.7 cm³/mol. The minimum absolute atomic E-state index is 0. The van der Waals surface area contributed by atoms with Crippen LogP contribution in [0.2, 0.25) is 0 Å². The maximum absolute atomic E-state index is 10.7. The van der Waals surface area contributed by atoms with E-state index in [0.29, 0.717) is 0 Å². The summed E-state index contributed by atoms with van der Waals surface area (Å²) >= 11 is 0. The smallest absolute Gasteiger partial charge is 0.859 e. The van der Waals surface area contributed by atoms with E-state index in [1.54, 1.807) is 0 Å². The maximum Gasteiger partial charge on any atom is 1.00 e. The molecule has 0 saturated carbocycles.